The zero-order valence-corrected chi connectivity index (χ0v) is 13.7. The van der Waals surface area contributed by atoms with Gasteiger partial charge in [-0.2, -0.15) is 0 Å². The smallest absolute Gasteiger partial charge is 0.310 e. The Kier molecular flexibility index (Phi) is 5.21. The van der Waals surface area contributed by atoms with Crippen LogP contribution in [0.2, 0.25) is 0 Å². The van der Waals surface area contributed by atoms with Gasteiger partial charge in [0.25, 0.3) is 5.91 Å². The van der Waals surface area contributed by atoms with E-state index in [0.717, 1.165) is 12.8 Å². The van der Waals surface area contributed by atoms with E-state index in [0.29, 0.717) is 36.7 Å². The van der Waals surface area contributed by atoms with Gasteiger partial charge in [0.2, 0.25) is 0 Å². The van der Waals surface area contributed by atoms with Crippen LogP contribution in [0.5, 0.6) is 0 Å². The highest BCUT2D eigenvalue weighted by atomic mass is 16.5. The number of aromatic nitrogens is 1. The molecule has 6 nitrogen and oxygen atoms in total. The molecule has 1 aromatic rings. The van der Waals surface area contributed by atoms with Gasteiger partial charge < -0.3 is 14.2 Å². The second-order valence-corrected chi connectivity index (χ2v) is 6.00. The topological polar surface area (TPSA) is 72.6 Å². The molecule has 0 radical (unpaired) electrons. The predicted octanol–water partition coefficient (Wildman–Crippen LogP) is 2.52. The van der Waals surface area contributed by atoms with E-state index in [1.165, 1.54) is 0 Å². The van der Waals surface area contributed by atoms with Crippen LogP contribution < -0.4 is 0 Å². The maximum Gasteiger partial charge on any atom is 0.310 e. The first kappa shape index (κ1) is 16.5. The number of esters is 1. The summed E-state index contributed by atoms with van der Waals surface area (Å²) in [4.78, 5) is 26.4. The maximum absolute atomic E-state index is 12.8. The van der Waals surface area contributed by atoms with E-state index in [-0.39, 0.29) is 23.7 Å². The highest BCUT2D eigenvalue weighted by Crippen LogP contribution is 2.26. The molecular formula is C16H24N2O4. The molecular weight excluding hydrogens is 284 g/mol. The third kappa shape index (κ3) is 3.31. The first-order chi connectivity index (χ1) is 10.5. The van der Waals surface area contributed by atoms with Gasteiger partial charge >= 0.3 is 5.97 Å². The van der Waals surface area contributed by atoms with E-state index in [2.05, 4.69) is 5.16 Å². The summed E-state index contributed by atoms with van der Waals surface area (Å²) in [5.74, 6) is 0.148. The second kappa shape index (κ2) is 6.94. The lowest BCUT2D eigenvalue weighted by Crippen LogP contribution is -2.43. The molecule has 6 heteroatoms. The van der Waals surface area contributed by atoms with Crippen molar-refractivity contribution in [3.63, 3.8) is 0 Å². The summed E-state index contributed by atoms with van der Waals surface area (Å²) in [6.45, 7) is 8.92. The van der Waals surface area contributed by atoms with Crippen molar-refractivity contribution >= 4 is 11.9 Å². The first-order valence-corrected chi connectivity index (χ1v) is 7.87. The molecule has 1 fully saturated rings. The predicted molar refractivity (Wildman–Crippen MR) is 80.6 cm³/mol. The van der Waals surface area contributed by atoms with Crippen molar-refractivity contribution in [3.05, 3.63) is 17.0 Å². The van der Waals surface area contributed by atoms with E-state index in [4.69, 9.17) is 9.26 Å². The van der Waals surface area contributed by atoms with Crippen molar-refractivity contribution in [2.24, 2.45) is 5.92 Å². The van der Waals surface area contributed by atoms with Crippen molar-refractivity contribution < 1.29 is 18.8 Å². The average molecular weight is 308 g/mol. The third-order valence-electron chi connectivity index (χ3n) is 3.96. The molecule has 1 aromatic heterocycles. The lowest BCUT2D eigenvalue weighted by molar-refractivity contribution is -0.149. The number of ether oxygens (including phenoxy) is 1. The van der Waals surface area contributed by atoms with Crippen LogP contribution in [0.3, 0.4) is 0 Å². The molecule has 0 spiro atoms. The molecule has 0 saturated carbocycles. The van der Waals surface area contributed by atoms with Gasteiger partial charge in [0, 0.05) is 19.0 Å². The molecule has 1 aliphatic rings. The van der Waals surface area contributed by atoms with E-state index >= 15 is 0 Å². The Bertz CT molecular complexity index is 550. The largest absolute Gasteiger partial charge is 0.466 e. The van der Waals surface area contributed by atoms with Gasteiger partial charge in [-0.15, -0.1) is 0 Å². The van der Waals surface area contributed by atoms with Crippen LogP contribution in [0, 0.1) is 12.8 Å². The minimum atomic E-state index is -0.236. The summed E-state index contributed by atoms with van der Waals surface area (Å²) in [7, 11) is 0. The van der Waals surface area contributed by atoms with E-state index in [9.17, 15) is 9.59 Å². The highest BCUT2D eigenvalue weighted by Gasteiger charge is 2.33. The Hall–Kier alpha value is -1.85. The van der Waals surface area contributed by atoms with E-state index < -0.39 is 0 Å². The number of aryl methyl sites for hydroxylation is 1. The molecule has 2 rings (SSSR count). The van der Waals surface area contributed by atoms with Crippen LogP contribution >= 0.6 is 0 Å². The molecule has 1 aliphatic heterocycles. The fourth-order valence-electron chi connectivity index (χ4n) is 2.81. The Balaban J connectivity index is 2.16. The Labute approximate surface area is 130 Å². The summed E-state index contributed by atoms with van der Waals surface area (Å²) in [5, 5.41) is 3.92. The van der Waals surface area contributed by atoms with Crippen molar-refractivity contribution in [3.8, 4) is 0 Å². The lowest BCUT2D eigenvalue weighted by atomic mass is 9.96. The van der Waals surface area contributed by atoms with E-state index in [1.54, 1.807) is 18.7 Å². The molecule has 1 amide bonds. The molecule has 2 heterocycles. The zero-order chi connectivity index (χ0) is 16.3. The van der Waals surface area contributed by atoms with Gasteiger partial charge in [0.05, 0.1) is 18.2 Å². The van der Waals surface area contributed by atoms with Crippen molar-refractivity contribution in [2.45, 2.75) is 46.5 Å². The Morgan fingerprint density at radius 1 is 1.45 bits per heavy atom. The van der Waals surface area contributed by atoms with Crippen LogP contribution in [0.4, 0.5) is 0 Å². The van der Waals surface area contributed by atoms with Crippen molar-refractivity contribution in [1.82, 2.24) is 10.1 Å². The number of nitrogens with zero attached hydrogens (tertiary/aromatic N) is 2. The fraction of sp³-hybridized carbons (Fsp3) is 0.688. The highest BCUT2D eigenvalue weighted by molar-refractivity contribution is 5.96. The molecule has 0 aliphatic carbocycles. The van der Waals surface area contributed by atoms with Gasteiger partial charge in [-0.3, -0.25) is 9.59 Å². The van der Waals surface area contributed by atoms with Crippen LogP contribution in [0.1, 0.15) is 61.3 Å². The monoisotopic (exact) mass is 308 g/mol. The normalized spacial score (nSPS) is 18.6. The minimum absolute atomic E-state index is 0.0887. The molecule has 0 N–H and O–H groups in total. The number of carbonyl (C=O) groups is 2. The van der Waals surface area contributed by atoms with Crippen LogP contribution in [-0.4, -0.2) is 41.6 Å². The van der Waals surface area contributed by atoms with Gasteiger partial charge in [-0.25, -0.2) is 0 Å². The van der Waals surface area contributed by atoms with Crippen LogP contribution in [0.15, 0.2) is 4.52 Å². The summed E-state index contributed by atoms with van der Waals surface area (Å²) in [6, 6.07) is 0. The number of carbonyl (C=O) groups excluding carboxylic acids is 2. The standard InChI is InChI=1S/C16H24N2O4/c1-5-21-16(20)12-7-6-8-18(9-12)15(19)13-11(4)17-22-14(13)10(2)3/h10,12H,5-9H2,1-4H3/t12-/m0/s1. The number of hydrogen-bond acceptors (Lipinski definition) is 5. The van der Waals surface area contributed by atoms with Gasteiger partial charge in [0.1, 0.15) is 5.56 Å². The lowest BCUT2D eigenvalue weighted by Gasteiger charge is -2.31. The molecule has 0 unspecified atom stereocenters. The summed E-state index contributed by atoms with van der Waals surface area (Å²) >= 11 is 0. The number of amides is 1. The molecule has 22 heavy (non-hydrogen) atoms. The third-order valence-corrected chi connectivity index (χ3v) is 3.96. The molecule has 0 aromatic carbocycles. The number of hydrogen-bond donors (Lipinski definition) is 0. The second-order valence-electron chi connectivity index (χ2n) is 6.00. The Morgan fingerprint density at radius 2 is 2.18 bits per heavy atom. The summed E-state index contributed by atoms with van der Waals surface area (Å²) < 4.78 is 10.4. The average Bonchev–Trinajstić information content (AvgIpc) is 2.89. The fourth-order valence-corrected chi connectivity index (χ4v) is 2.81. The molecule has 1 atom stereocenters. The van der Waals surface area contributed by atoms with Crippen LogP contribution in [-0.2, 0) is 9.53 Å². The zero-order valence-electron chi connectivity index (χ0n) is 13.7. The molecule has 1 saturated heterocycles. The minimum Gasteiger partial charge on any atom is -0.466 e. The van der Waals surface area contributed by atoms with Gasteiger partial charge in [0.15, 0.2) is 5.76 Å². The number of rotatable bonds is 4. The SMILES string of the molecule is CCOC(=O)[C@H]1CCCN(C(=O)c2c(C)noc2C(C)C)C1. The van der Waals surface area contributed by atoms with Crippen molar-refractivity contribution in [2.75, 3.05) is 19.7 Å². The van der Waals surface area contributed by atoms with Crippen molar-refractivity contribution in [1.29, 1.82) is 0 Å². The van der Waals surface area contributed by atoms with E-state index in [1.807, 2.05) is 13.8 Å². The molecule has 0 bridgehead atoms. The number of likely N-dealkylation sites (tertiary alicyclic amines) is 1. The summed E-state index contributed by atoms with van der Waals surface area (Å²) in [6.07, 6.45) is 1.57. The maximum atomic E-state index is 12.8. The van der Waals surface area contributed by atoms with Crippen LogP contribution in [0.25, 0.3) is 0 Å². The molecule has 122 valence electrons. The Morgan fingerprint density at radius 3 is 2.82 bits per heavy atom. The van der Waals surface area contributed by atoms with Gasteiger partial charge in [-0.1, -0.05) is 19.0 Å². The van der Waals surface area contributed by atoms with Gasteiger partial charge in [-0.05, 0) is 26.7 Å². The quantitative estimate of drug-likeness (QED) is 0.799. The number of piperidine rings is 1. The first-order valence-electron chi connectivity index (χ1n) is 7.87. The summed E-state index contributed by atoms with van der Waals surface area (Å²) in [5.41, 5.74) is 1.14.